The van der Waals surface area contributed by atoms with Crippen molar-refractivity contribution in [2.45, 2.75) is 38.8 Å². The molecule has 27 heavy (non-hydrogen) atoms. The molecule has 1 N–H and O–H groups in total. The van der Waals surface area contributed by atoms with Crippen molar-refractivity contribution < 1.29 is 0 Å². The predicted octanol–water partition coefficient (Wildman–Crippen LogP) is 4.65. The molecule has 0 amide bonds. The minimum atomic E-state index is 0.422. The van der Waals surface area contributed by atoms with Gasteiger partial charge in [-0.3, -0.25) is 9.88 Å². The van der Waals surface area contributed by atoms with E-state index in [1.54, 1.807) is 0 Å². The molecule has 0 spiro atoms. The maximum absolute atomic E-state index is 4.63. The van der Waals surface area contributed by atoms with Crippen molar-refractivity contribution in [2.24, 2.45) is 0 Å². The van der Waals surface area contributed by atoms with Gasteiger partial charge >= 0.3 is 0 Å². The molecule has 1 atom stereocenters. The molecule has 5 heteroatoms. The van der Waals surface area contributed by atoms with Crippen LogP contribution in [0.5, 0.6) is 0 Å². The summed E-state index contributed by atoms with van der Waals surface area (Å²) in [6.45, 7) is 4.07. The number of aryl methyl sites for hydroxylation is 1. The molecule has 1 fully saturated rings. The number of piperidine rings is 1. The van der Waals surface area contributed by atoms with Crippen molar-refractivity contribution >= 4 is 11.6 Å². The molecule has 5 nitrogen and oxygen atoms in total. The minimum Gasteiger partial charge on any atom is -0.325 e. The van der Waals surface area contributed by atoms with Crippen LogP contribution in [0, 0.1) is 6.92 Å². The summed E-state index contributed by atoms with van der Waals surface area (Å²) < 4.78 is 0. The first-order valence-corrected chi connectivity index (χ1v) is 9.57. The second kappa shape index (κ2) is 8.27. The molecule has 0 aliphatic carbocycles. The highest BCUT2D eigenvalue weighted by Crippen LogP contribution is 2.32. The van der Waals surface area contributed by atoms with Crippen LogP contribution in [0.15, 0.2) is 61.1 Å². The Morgan fingerprint density at radius 3 is 2.70 bits per heavy atom. The van der Waals surface area contributed by atoms with E-state index in [-0.39, 0.29) is 0 Å². The van der Waals surface area contributed by atoms with E-state index in [1.807, 2.05) is 43.7 Å². The van der Waals surface area contributed by atoms with E-state index >= 15 is 0 Å². The lowest BCUT2D eigenvalue weighted by molar-refractivity contribution is 0.140. The van der Waals surface area contributed by atoms with E-state index in [2.05, 4.69) is 49.4 Å². The van der Waals surface area contributed by atoms with Crippen LogP contribution in [0.25, 0.3) is 0 Å². The van der Waals surface area contributed by atoms with Gasteiger partial charge in [0.1, 0.15) is 11.6 Å². The van der Waals surface area contributed by atoms with Crippen molar-refractivity contribution in [1.29, 1.82) is 0 Å². The van der Waals surface area contributed by atoms with Crippen molar-refractivity contribution in [3.05, 3.63) is 77.9 Å². The highest BCUT2D eigenvalue weighted by atomic mass is 15.2. The molecule has 1 aliphatic rings. The summed E-state index contributed by atoms with van der Waals surface area (Å²) in [6.07, 6.45) is 9.45. The molecule has 3 aromatic heterocycles. The Balaban J connectivity index is 1.47. The van der Waals surface area contributed by atoms with Gasteiger partial charge in [-0.25, -0.2) is 9.97 Å². The molecular weight excluding hydrogens is 334 g/mol. The van der Waals surface area contributed by atoms with Gasteiger partial charge in [0.05, 0.1) is 0 Å². The van der Waals surface area contributed by atoms with Crippen molar-refractivity contribution in [3.8, 4) is 0 Å². The fraction of sp³-hybridized carbons (Fsp3) is 0.318. The number of likely N-dealkylation sites (tertiary alicyclic amines) is 1. The number of pyridine rings is 3. The average Bonchev–Trinajstić information content (AvgIpc) is 2.70. The molecule has 4 heterocycles. The Morgan fingerprint density at radius 1 is 1.04 bits per heavy atom. The first kappa shape index (κ1) is 17.6. The lowest BCUT2D eigenvalue weighted by Crippen LogP contribution is -2.33. The summed E-state index contributed by atoms with van der Waals surface area (Å²) in [7, 11) is 0. The third-order valence-electron chi connectivity index (χ3n) is 5.06. The van der Waals surface area contributed by atoms with Crippen molar-refractivity contribution in [3.63, 3.8) is 0 Å². The number of hydrogen-bond acceptors (Lipinski definition) is 5. The van der Waals surface area contributed by atoms with Gasteiger partial charge in [-0.2, -0.15) is 0 Å². The first-order chi connectivity index (χ1) is 13.3. The topological polar surface area (TPSA) is 53.9 Å². The van der Waals surface area contributed by atoms with E-state index in [1.165, 1.54) is 30.4 Å². The number of nitrogens with one attached hydrogen (secondary N) is 1. The van der Waals surface area contributed by atoms with Gasteiger partial charge < -0.3 is 5.32 Å². The Labute approximate surface area is 160 Å². The van der Waals surface area contributed by atoms with Gasteiger partial charge in [-0.05, 0) is 67.8 Å². The van der Waals surface area contributed by atoms with Crippen LogP contribution in [0.3, 0.4) is 0 Å². The normalized spacial score (nSPS) is 17.6. The standard InChI is InChI=1S/C22H25N5/c1-17-5-4-7-22(25-17)26-21-9-8-19(15-24-21)20-6-2-3-14-27(20)16-18-10-12-23-13-11-18/h4-5,7-13,15,20H,2-3,6,14,16H2,1H3,(H,24,25,26). The van der Waals surface area contributed by atoms with Gasteiger partial charge in [-0.15, -0.1) is 0 Å². The van der Waals surface area contributed by atoms with Crippen molar-refractivity contribution in [1.82, 2.24) is 19.9 Å². The maximum Gasteiger partial charge on any atom is 0.131 e. The largest absolute Gasteiger partial charge is 0.325 e. The molecule has 0 radical (unpaired) electrons. The SMILES string of the molecule is Cc1cccc(Nc2ccc(C3CCCCN3Cc3ccncc3)cn2)n1. The van der Waals surface area contributed by atoms with Gasteiger partial charge in [0.15, 0.2) is 0 Å². The second-order valence-corrected chi connectivity index (χ2v) is 7.10. The van der Waals surface area contributed by atoms with Crippen LogP contribution in [0.1, 0.15) is 42.1 Å². The smallest absolute Gasteiger partial charge is 0.131 e. The molecule has 0 bridgehead atoms. The number of aromatic nitrogens is 3. The monoisotopic (exact) mass is 359 g/mol. The van der Waals surface area contributed by atoms with Crippen LogP contribution >= 0.6 is 0 Å². The zero-order chi connectivity index (χ0) is 18.5. The van der Waals surface area contributed by atoms with Crippen LogP contribution in [-0.2, 0) is 6.54 Å². The molecule has 0 saturated carbocycles. The quantitative estimate of drug-likeness (QED) is 0.718. The fourth-order valence-corrected chi connectivity index (χ4v) is 3.70. The van der Waals surface area contributed by atoms with E-state index < -0.39 is 0 Å². The van der Waals surface area contributed by atoms with Crippen LogP contribution < -0.4 is 5.32 Å². The summed E-state index contributed by atoms with van der Waals surface area (Å²) in [5, 5.41) is 3.28. The summed E-state index contributed by atoms with van der Waals surface area (Å²) in [5.41, 5.74) is 3.59. The van der Waals surface area contributed by atoms with Gasteiger partial charge in [-0.1, -0.05) is 18.6 Å². The second-order valence-electron chi connectivity index (χ2n) is 7.10. The summed E-state index contributed by atoms with van der Waals surface area (Å²) in [6, 6.07) is 14.8. The van der Waals surface area contributed by atoms with Gasteiger partial charge in [0.2, 0.25) is 0 Å². The average molecular weight is 359 g/mol. The molecule has 1 aliphatic heterocycles. The number of anilines is 2. The number of hydrogen-bond donors (Lipinski definition) is 1. The van der Waals surface area contributed by atoms with Gasteiger partial charge in [0, 0.05) is 36.9 Å². The Bertz CT molecular complexity index is 863. The molecule has 1 saturated heterocycles. The third-order valence-corrected chi connectivity index (χ3v) is 5.06. The molecule has 0 aromatic carbocycles. The van der Waals surface area contributed by atoms with E-state index in [0.717, 1.165) is 30.4 Å². The van der Waals surface area contributed by atoms with Crippen LogP contribution in [0.2, 0.25) is 0 Å². The highest BCUT2D eigenvalue weighted by molar-refractivity contribution is 5.51. The molecule has 138 valence electrons. The lowest BCUT2D eigenvalue weighted by atomic mass is 9.96. The van der Waals surface area contributed by atoms with E-state index in [9.17, 15) is 0 Å². The first-order valence-electron chi connectivity index (χ1n) is 9.57. The number of nitrogens with zero attached hydrogens (tertiary/aromatic N) is 4. The van der Waals surface area contributed by atoms with Crippen LogP contribution in [-0.4, -0.2) is 26.4 Å². The predicted molar refractivity (Wildman–Crippen MR) is 108 cm³/mol. The summed E-state index contributed by atoms with van der Waals surface area (Å²) in [4.78, 5) is 15.8. The minimum absolute atomic E-state index is 0.422. The van der Waals surface area contributed by atoms with Crippen molar-refractivity contribution in [2.75, 3.05) is 11.9 Å². The summed E-state index contributed by atoms with van der Waals surface area (Å²) in [5.74, 6) is 1.65. The van der Waals surface area contributed by atoms with E-state index in [0.29, 0.717) is 6.04 Å². The lowest BCUT2D eigenvalue weighted by Gasteiger charge is -2.36. The Kier molecular flexibility index (Phi) is 5.39. The number of rotatable bonds is 5. The van der Waals surface area contributed by atoms with Crippen LogP contribution in [0.4, 0.5) is 11.6 Å². The molecule has 4 rings (SSSR count). The Morgan fingerprint density at radius 2 is 1.93 bits per heavy atom. The third kappa shape index (κ3) is 4.49. The van der Waals surface area contributed by atoms with Gasteiger partial charge in [0.25, 0.3) is 0 Å². The molecule has 3 aromatic rings. The maximum atomic E-state index is 4.63. The fourth-order valence-electron chi connectivity index (χ4n) is 3.70. The molecular formula is C22H25N5. The van der Waals surface area contributed by atoms with E-state index in [4.69, 9.17) is 0 Å². The Hall–Kier alpha value is -2.79. The highest BCUT2D eigenvalue weighted by Gasteiger charge is 2.24. The molecule has 1 unspecified atom stereocenters. The zero-order valence-corrected chi connectivity index (χ0v) is 15.7. The zero-order valence-electron chi connectivity index (χ0n) is 15.7. The summed E-state index contributed by atoms with van der Waals surface area (Å²) >= 11 is 0.